The highest BCUT2D eigenvalue weighted by Crippen LogP contribution is 2.35. The van der Waals surface area contributed by atoms with Gasteiger partial charge in [0.25, 0.3) is 0 Å². The lowest BCUT2D eigenvalue weighted by molar-refractivity contribution is 0.292. The van der Waals surface area contributed by atoms with Crippen LogP contribution in [0.15, 0.2) is 29.0 Å². The first-order chi connectivity index (χ1) is 7.43. The van der Waals surface area contributed by atoms with Gasteiger partial charge in [-0.1, -0.05) is 11.6 Å². The van der Waals surface area contributed by atoms with Crippen molar-refractivity contribution in [3.05, 3.63) is 30.4 Å². The lowest BCUT2D eigenvalue weighted by atomic mass is 9.85. The Labute approximate surface area is 87.3 Å². The molecule has 2 aromatic heterocycles. The van der Waals surface area contributed by atoms with Gasteiger partial charge in [-0.15, -0.1) is 0 Å². The van der Waals surface area contributed by atoms with Crippen molar-refractivity contribution in [2.24, 2.45) is 0 Å². The molecule has 4 heteroatoms. The highest BCUT2D eigenvalue weighted by molar-refractivity contribution is 5.51. The largest absolute Gasteiger partial charge is 0.339 e. The van der Waals surface area contributed by atoms with E-state index in [-0.39, 0.29) is 0 Å². The van der Waals surface area contributed by atoms with Gasteiger partial charge >= 0.3 is 0 Å². The molecule has 0 unspecified atom stereocenters. The van der Waals surface area contributed by atoms with E-state index >= 15 is 0 Å². The summed E-state index contributed by atoms with van der Waals surface area (Å²) in [6, 6.07) is 3.80. The van der Waals surface area contributed by atoms with E-state index in [1.165, 1.54) is 19.3 Å². The van der Waals surface area contributed by atoms with Crippen molar-refractivity contribution >= 4 is 0 Å². The maximum Gasteiger partial charge on any atom is 0.230 e. The van der Waals surface area contributed by atoms with Crippen molar-refractivity contribution in [1.82, 2.24) is 15.1 Å². The summed E-state index contributed by atoms with van der Waals surface area (Å²) < 4.78 is 5.23. The smallest absolute Gasteiger partial charge is 0.230 e. The molecule has 1 fully saturated rings. The summed E-state index contributed by atoms with van der Waals surface area (Å²) in [7, 11) is 0. The summed E-state index contributed by atoms with van der Waals surface area (Å²) in [6.07, 6.45) is 7.10. The second-order valence-corrected chi connectivity index (χ2v) is 3.83. The molecule has 0 aromatic carbocycles. The van der Waals surface area contributed by atoms with Crippen LogP contribution in [-0.2, 0) is 0 Å². The average Bonchev–Trinajstić information content (AvgIpc) is 2.66. The molecule has 0 radical (unpaired) electrons. The van der Waals surface area contributed by atoms with Gasteiger partial charge in [0, 0.05) is 23.9 Å². The second-order valence-electron chi connectivity index (χ2n) is 3.83. The van der Waals surface area contributed by atoms with Crippen molar-refractivity contribution in [1.29, 1.82) is 0 Å². The number of aromatic nitrogens is 3. The molecule has 2 aromatic rings. The van der Waals surface area contributed by atoms with Crippen molar-refractivity contribution in [2.45, 2.75) is 25.2 Å². The molecular weight excluding hydrogens is 190 g/mol. The van der Waals surface area contributed by atoms with E-state index in [0.717, 1.165) is 11.5 Å². The predicted molar refractivity (Wildman–Crippen MR) is 54.1 cm³/mol. The molecule has 0 atom stereocenters. The number of hydrogen-bond donors (Lipinski definition) is 0. The van der Waals surface area contributed by atoms with E-state index in [2.05, 4.69) is 15.1 Å². The molecule has 1 saturated carbocycles. The maximum absolute atomic E-state index is 5.23. The Morgan fingerprint density at radius 1 is 1.33 bits per heavy atom. The topological polar surface area (TPSA) is 51.8 Å². The summed E-state index contributed by atoms with van der Waals surface area (Å²) in [4.78, 5) is 8.41. The van der Waals surface area contributed by atoms with Gasteiger partial charge in [0.15, 0.2) is 0 Å². The molecule has 1 aliphatic carbocycles. The van der Waals surface area contributed by atoms with Crippen LogP contribution in [0.3, 0.4) is 0 Å². The number of rotatable bonds is 2. The fraction of sp³-hybridized carbons (Fsp3) is 0.364. The summed E-state index contributed by atoms with van der Waals surface area (Å²) in [5.41, 5.74) is 0.909. The Balaban J connectivity index is 1.90. The van der Waals surface area contributed by atoms with Gasteiger partial charge in [-0.05, 0) is 25.0 Å². The molecule has 2 heterocycles. The first kappa shape index (κ1) is 8.59. The highest BCUT2D eigenvalue weighted by atomic mass is 16.5. The van der Waals surface area contributed by atoms with Crippen LogP contribution in [0.25, 0.3) is 11.4 Å². The lowest BCUT2D eigenvalue weighted by Gasteiger charge is -2.20. The maximum atomic E-state index is 5.23. The van der Waals surface area contributed by atoms with Gasteiger partial charge in [0.05, 0.1) is 0 Å². The minimum atomic E-state index is 0.489. The average molecular weight is 201 g/mol. The van der Waals surface area contributed by atoms with Gasteiger partial charge in [0.1, 0.15) is 0 Å². The van der Waals surface area contributed by atoms with Crippen molar-refractivity contribution in [3.8, 4) is 11.4 Å². The molecule has 0 amide bonds. The van der Waals surface area contributed by atoms with E-state index in [4.69, 9.17) is 4.52 Å². The van der Waals surface area contributed by atoms with Crippen LogP contribution in [0.4, 0.5) is 0 Å². The summed E-state index contributed by atoms with van der Waals surface area (Å²) in [5.74, 6) is 1.91. The van der Waals surface area contributed by atoms with E-state index in [9.17, 15) is 0 Å². The molecule has 0 bridgehead atoms. The van der Waals surface area contributed by atoms with Crippen LogP contribution in [-0.4, -0.2) is 15.1 Å². The first-order valence-electron chi connectivity index (χ1n) is 5.17. The standard InChI is InChI=1S/C11H11N3O/c1-3-8(4-1)11-13-10(14-15-11)9-5-2-6-12-7-9/h2,5-8H,1,3-4H2. The molecule has 15 heavy (non-hydrogen) atoms. The third-order valence-corrected chi connectivity index (χ3v) is 2.82. The van der Waals surface area contributed by atoms with Gasteiger partial charge in [-0.2, -0.15) is 4.98 Å². The SMILES string of the molecule is c1cncc(-c2noc(C3CCC3)n2)c1. The van der Waals surface area contributed by atoms with E-state index in [1.807, 2.05) is 12.1 Å². The molecule has 0 spiro atoms. The van der Waals surface area contributed by atoms with Gasteiger partial charge < -0.3 is 4.52 Å². The van der Waals surface area contributed by atoms with Crippen molar-refractivity contribution in [2.75, 3.05) is 0 Å². The second kappa shape index (κ2) is 3.46. The lowest BCUT2D eigenvalue weighted by Crippen LogP contribution is -2.08. The molecule has 1 aliphatic rings. The fourth-order valence-electron chi connectivity index (χ4n) is 1.67. The third kappa shape index (κ3) is 1.52. The van der Waals surface area contributed by atoms with E-state index in [1.54, 1.807) is 12.4 Å². The number of hydrogen-bond acceptors (Lipinski definition) is 4. The fourth-order valence-corrected chi connectivity index (χ4v) is 1.67. The molecular formula is C11H11N3O. The quantitative estimate of drug-likeness (QED) is 0.748. The minimum Gasteiger partial charge on any atom is -0.339 e. The molecule has 4 nitrogen and oxygen atoms in total. The van der Waals surface area contributed by atoms with Gasteiger partial charge in [0.2, 0.25) is 11.7 Å². The Morgan fingerprint density at radius 2 is 2.27 bits per heavy atom. The molecule has 76 valence electrons. The minimum absolute atomic E-state index is 0.489. The van der Waals surface area contributed by atoms with Crippen LogP contribution in [0.2, 0.25) is 0 Å². The summed E-state index contributed by atoms with van der Waals surface area (Å²) in [6.45, 7) is 0. The zero-order chi connectivity index (χ0) is 10.1. The zero-order valence-electron chi connectivity index (χ0n) is 8.26. The normalized spacial score (nSPS) is 16.3. The first-order valence-corrected chi connectivity index (χ1v) is 5.17. The van der Waals surface area contributed by atoms with Crippen molar-refractivity contribution in [3.63, 3.8) is 0 Å². The summed E-state index contributed by atoms with van der Waals surface area (Å²) >= 11 is 0. The van der Waals surface area contributed by atoms with Crippen molar-refractivity contribution < 1.29 is 4.52 Å². The van der Waals surface area contributed by atoms with Crippen LogP contribution < -0.4 is 0 Å². The van der Waals surface area contributed by atoms with Crippen LogP contribution >= 0.6 is 0 Å². The Kier molecular flexibility index (Phi) is 1.98. The monoisotopic (exact) mass is 201 g/mol. The van der Waals surface area contributed by atoms with E-state index in [0.29, 0.717) is 11.7 Å². The zero-order valence-corrected chi connectivity index (χ0v) is 8.26. The molecule has 3 rings (SSSR count). The Bertz CT molecular complexity index is 448. The molecule has 0 N–H and O–H groups in total. The van der Waals surface area contributed by atoms with Crippen LogP contribution in [0, 0.1) is 0 Å². The van der Waals surface area contributed by atoms with Gasteiger partial charge in [-0.25, -0.2) is 0 Å². The van der Waals surface area contributed by atoms with Crippen LogP contribution in [0.1, 0.15) is 31.1 Å². The molecule has 0 saturated heterocycles. The number of pyridine rings is 1. The molecule has 0 aliphatic heterocycles. The van der Waals surface area contributed by atoms with Gasteiger partial charge in [-0.3, -0.25) is 4.98 Å². The summed E-state index contributed by atoms with van der Waals surface area (Å²) in [5, 5.41) is 3.96. The Hall–Kier alpha value is -1.71. The number of nitrogens with zero attached hydrogens (tertiary/aromatic N) is 3. The van der Waals surface area contributed by atoms with E-state index < -0.39 is 0 Å². The van der Waals surface area contributed by atoms with Crippen LogP contribution in [0.5, 0.6) is 0 Å². The predicted octanol–water partition coefficient (Wildman–Crippen LogP) is 2.40. The Morgan fingerprint density at radius 3 is 2.93 bits per heavy atom. The third-order valence-electron chi connectivity index (χ3n) is 2.82. The highest BCUT2D eigenvalue weighted by Gasteiger charge is 2.25.